The van der Waals surface area contributed by atoms with Crippen LogP contribution in [0.3, 0.4) is 0 Å². The van der Waals surface area contributed by atoms with Gasteiger partial charge in [-0.1, -0.05) is 26.0 Å². The van der Waals surface area contributed by atoms with Crippen molar-refractivity contribution in [2.75, 3.05) is 11.9 Å². The third-order valence-corrected chi connectivity index (χ3v) is 5.81. The van der Waals surface area contributed by atoms with Gasteiger partial charge in [-0.25, -0.2) is 14.6 Å². The molecule has 0 saturated heterocycles. The molecule has 12 nitrogen and oxygen atoms in total. The normalized spacial score (nSPS) is 18.7. The largest absolute Gasteiger partial charge is 0.480 e. The topological polar surface area (TPSA) is 189 Å². The van der Waals surface area contributed by atoms with Crippen LogP contribution in [0, 0.1) is 5.92 Å². The van der Waals surface area contributed by atoms with Crippen molar-refractivity contribution in [2.24, 2.45) is 11.7 Å². The quantitative estimate of drug-likeness (QED) is 0.294. The number of rotatable bonds is 8. The summed E-state index contributed by atoms with van der Waals surface area (Å²) in [5.74, 6) is -2.12. The van der Waals surface area contributed by atoms with Crippen LogP contribution in [-0.2, 0) is 16.0 Å². The smallest absolute Gasteiger partial charge is 0.326 e. The second-order valence-electron chi connectivity index (χ2n) is 9.00. The Kier molecular flexibility index (Phi) is 9.01. The molecule has 36 heavy (non-hydrogen) atoms. The molecule has 4 amide bonds. The van der Waals surface area contributed by atoms with Gasteiger partial charge in [-0.15, -0.1) is 0 Å². The van der Waals surface area contributed by atoms with Crippen LogP contribution >= 0.6 is 0 Å². The fourth-order valence-corrected chi connectivity index (χ4v) is 3.77. The van der Waals surface area contributed by atoms with Gasteiger partial charge in [0.25, 0.3) is 5.91 Å². The van der Waals surface area contributed by atoms with E-state index in [1.165, 1.54) is 6.26 Å². The summed E-state index contributed by atoms with van der Waals surface area (Å²) in [5, 5.41) is 20.1. The van der Waals surface area contributed by atoms with Gasteiger partial charge in [-0.3, -0.25) is 9.59 Å². The molecule has 2 aliphatic rings. The lowest BCUT2D eigenvalue weighted by Crippen LogP contribution is -2.54. The van der Waals surface area contributed by atoms with E-state index in [0.29, 0.717) is 25.1 Å². The Morgan fingerprint density at radius 2 is 1.94 bits per heavy atom. The molecular weight excluding hydrogens is 468 g/mol. The number of unbranched alkanes of at least 4 members (excludes halogenated alkanes) is 1. The highest BCUT2D eigenvalue weighted by Crippen LogP contribution is 2.23. The summed E-state index contributed by atoms with van der Waals surface area (Å²) < 4.78 is 5.49. The fraction of sp³-hybridized carbons (Fsp3) is 0.458. The zero-order valence-electron chi connectivity index (χ0n) is 20.2. The molecule has 194 valence electrons. The standard InChI is InChI=1S/C24H32N6O6/c1-13(2)19-22-27-18(12-36-22)21(32)26-15-8-6-14(7-9-15)11-17(20(31)30-19)29-24(35)28-16(23(33)34)5-3-4-10-25/h6-9,12-13,16-17,19H,3-5,10-11,25H2,1-2H3,(H,26,32)(H,30,31)(H,33,34)(H2,28,29,35)/t16-,17+,19-/m0/s1. The number of carbonyl (C=O) groups excluding carboxylic acids is 3. The second-order valence-corrected chi connectivity index (χ2v) is 9.00. The lowest BCUT2D eigenvalue weighted by molar-refractivity contribution is -0.139. The second kappa shape index (κ2) is 12.2. The van der Waals surface area contributed by atoms with Crippen molar-refractivity contribution in [3.05, 3.63) is 47.7 Å². The Morgan fingerprint density at radius 1 is 1.22 bits per heavy atom. The number of urea groups is 1. The average Bonchev–Trinajstić information content (AvgIpc) is 3.32. The van der Waals surface area contributed by atoms with Crippen LogP contribution in [0.2, 0.25) is 0 Å². The summed E-state index contributed by atoms with van der Waals surface area (Å²) in [7, 11) is 0. The van der Waals surface area contributed by atoms with Gasteiger partial charge in [0.2, 0.25) is 11.8 Å². The highest BCUT2D eigenvalue weighted by molar-refractivity contribution is 6.02. The van der Waals surface area contributed by atoms with E-state index in [-0.39, 0.29) is 30.3 Å². The molecule has 2 aromatic rings. The zero-order chi connectivity index (χ0) is 26.2. The Bertz CT molecular complexity index is 1080. The minimum Gasteiger partial charge on any atom is -0.480 e. The van der Waals surface area contributed by atoms with E-state index in [0.717, 1.165) is 5.56 Å². The number of nitrogens with one attached hydrogen (secondary N) is 4. The van der Waals surface area contributed by atoms with Gasteiger partial charge in [0.05, 0.1) is 0 Å². The van der Waals surface area contributed by atoms with E-state index >= 15 is 0 Å². The van der Waals surface area contributed by atoms with Gasteiger partial charge in [0.1, 0.15) is 24.4 Å². The summed E-state index contributed by atoms with van der Waals surface area (Å²) in [6.07, 6.45) is 2.73. The highest BCUT2D eigenvalue weighted by Gasteiger charge is 2.30. The summed E-state index contributed by atoms with van der Waals surface area (Å²) in [6, 6.07) is 3.20. The molecule has 0 fully saturated rings. The molecule has 12 heteroatoms. The number of hydrogen-bond acceptors (Lipinski definition) is 7. The van der Waals surface area contributed by atoms with Crippen LogP contribution in [0.25, 0.3) is 0 Å². The number of aliphatic carboxylic acids is 1. The highest BCUT2D eigenvalue weighted by atomic mass is 16.4. The fourth-order valence-electron chi connectivity index (χ4n) is 3.77. The number of nitrogens with zero attached hydrogens (tertiary/aromatic N) is 1. The number of carboxylic acid groups (broad SMARTS) is 1. The number of carbonyl (C=O) groups is 4. The first-order valence-electron chi connectivity index (χ1n) is 11.8. The number of aromatic nitrogens is 1. The van der Waals surface area contributed by atoms with Crippen LogP contribution in [0.4, 0.5) is 10.5 Å². The molecule has 0 saturated carbocycles. The minimum atomic E-state index is -1.17. The van der Waals surface area contributed by atoms with Gasteiger partial charge in [0, 0.05) is 12.1 Å². The zero-order valence-corrected chi connectivity index (χ0v) is 20.2. The van der Waals surface area contributed by atoms with Crippen molar-refractivity contribution < 1.29 is 28.7 Å². The number of amides is 4. The third kappa shape index (κ3) is 7.04. The molecule has 0 aliphatic carbocycles. The molecule has 0 radical (unpaired) electrons. The summed E-state index contributed by atoms with van der Waals surface area (Å²) in [5.41, 5.74) is 6.78. The molecule has 3 heterocycles. The maximum absolute atomic E-state index is 13.3. The van der Waals surface area contributed by atoms with E-state index in [2.05, 4.69) is 26.3 Å². The number of benzene rings is 1. The van der Waals surface area contributed by atoms with Crippen molar-refractivity contribution in [3.8, 4) is 0 Å². The Labute approximate surface area is 208 Å². The average molecular weight is 501 g/mol. The molecule has 4 bridgehead atoms. The number of carboxylic acids is 1. The Balaban J connectivity index is 1.85. The number of oxazole rings is 1. The van der Waals surface area contributed by atoms with E-state index in [1.54, 1.807) is 24.3 Å². The maximum Gasteiger partial charge on any atom is 0.326 e. The van der Waals surface area contributed by atoms with Crippen molar-refractivity contribution in [2.45, 2.75) is 57.7 Å². The number of nitrogens with two attached hydrogens (primary N) is 1. The lowest BCUT2D eigenvalue weighted by atomic mass is 10.0. The molecule has 0 unspecified atom stereocenters. The first kappa shape index (κ1) is 26.7. The van der Waals surface area contributed by atoms with Crippen molar-refractivity contribution in [1.29, 1.82) is 0 Å². The number of hydrogen-bond donors (Lipinski definition) is 6. The molecule has 1 aromatic heterocycles. The van der Waals surface area contributed by atoms with Crippen LogP contribution in [0.5, 0.6) is 0 Å². The molecule has 7 N–H and O–H groups in total. The van der Waals surface area contributed by atoms with Gasteiger partial charge in [-0.05, 0) is 49.4 Å². The number of fused-ring (bicyclic) bond motifs is 7. The minimum absolute atomic E-state index is 0.0643. The molecule has 3 atom stereocenters. The third-order valence-electron chi connectivity index (χ3n) is 5.81. The van der Waals surface area contributed by atoms with Crippen molar-refractivity contribution in [3.63, 3.8) is 0 Å². The first-order valence-corrected chi connectivity index (χ1v) is 11.8. The maximum atomic E-state index is 13.3. The van der Waals surface area contributed by atoms with Crippen molar-refractivity contribution >= 4 is 29.5 Å². The van der Waals surface area contributed by atoms with Gasteiger partial charge in [0.15, 0.2) is 5.69 Å². The monoisotopic (exact) mass is 500 g/mol. The van der Waals surface area contributed by atoms with E-state index in [1.807, 2.05) is 13.8 Å². The van der Waals surface area contributed by atoms with Crippen molar-refractivity contribution in [1.82, 2.24) is 20.9 Å². The molecule has 0 spiro atoms. The summed E-state index contributed by atoms with van der Waals surface area (Å²) >= 11 is 0. The summed E-state index contributed by atoms with van der Waals surface area (Å²) in [4.78, 5) is 54.4. The predicted octanol–water partition coefficient (Wildman–Crippen LogP) is 1.55. The SMILES string of the molecule is CC(C)[C@@H]1NC(=O)[C@H](NC(=O)N[C@@H](CCCCN)C(=O)O)Cc2ccc(cc2)NC(=O)c2coc1n2. The van der Waals surface area contributed by atoms with Gasteiger partial charge < -0.3 is 36.5 Å². The van der Waals surface area contributed by atoms with E-state index in [9.17, 15) is 24.3 Å². The Hall–Kier alpha value is -3.93. The molecular formula is C24H32N6O6. The van der Waals surface area contributed by atoms with E-state index in [4.69, 9.17) is 10.2 Å². The van der Waals surface area contributed by atoms with Gasteiger partial charge >= 0.3 is 12.0 Å². The lowest BCUT2D eigenvalue weighted by Gasteiger charge is -2.25. The summed E-state index contributed by atoms with van der Waals surface area (Å²) in [6.45, 7) is 4.13. The molecule has 4 rings (SSSR count). The first-order chi connectivity index (χ1) is 17.2. The van der Waals surface area contributed by atoms with Crippen LogP contribution in [-0.4, -0.2) is 52.5 Å². The number of anilines is 1. The predicted molar refractivity (Wildman–Crippen MR) is 130 cm³/mol. The van der Waals surface area contributed by atoms with Crippen LogP contribution < -0.4 is 27.0 Å². The van der Waals surface area contributed by atoms with E-state index < -0.39 is 41.9 Å². The molecule has 1 aromatic carbocycles. The Morgan fingerprint density at radius 3 is 2.58 bits per heavy atom. The van der Waals surface area contributed by atoms with Gasteiger partial charge in [-0.2, -0.15) is 0 Å². The van der Waals surface area contributed by atoms with Crippen LogP contribution in [0.1, 0.15) is 61.1 Å². The van der Waals surface area contributed by atoms with Crippen LogP contribution in [0.15, 0.2) is 34.9 Å². The molecule has 2 aliphatic heterocycles.